The van der Waals surface area contributed by atoms with E-state index in [1.165, 1.54) is 41.3 Å². The number of aliphatic hydroxyl groups excluding tert-OH is 2. The number of phenols is 1. The number of allylic oxidation sites excluding steroid dienone is 1. The van der Waals surface area contributed by atoms with Gasteiger partial charge in [0, 0.05) is 34.8 Å². The first kappa shape index (κ1) is 27.6. The van der Waals surface area contributed by atoms with Crippen molar-refractivity contribution in [3.8, 4) is 17.6 Å². The Morgan fingerprint density at radius 1 is 1.10 bits per heavy atom. The van der Waals surface area contributed by atoms with Crippen molar-refractivity contribution in [3.05, 3.63) is 91.4 Å². The molecule has 0 saturated heterocycles. The number of rotatable bonds is 3. The summed E-state index contributed by atoms with van der Waals surface area (Å²) in [6, 6.07) is 7.26. The molecule has 0 radical (unpaired) electrons. The van der Waals surface area contributed by atoms with Crippen molar-refractivity contribution in [2.45, 2.75) is 24.5 Å². The third-order valence-corrected chi connectivity index (χ3v) is 8.03. The molecule has 2 aromatic rings. The van der Waals surface area contributed by atoms with E-state index in [1.807, 2.05) is 0 Å². The fourth-order valence-corrected chi connectivity index (χ4v) is 6.17. The highest BCUT2D eigenvalue weighted by Gasteiger charge is 2.63. The summed E-state index contributed by atoms with van der Waals surface area (Å²) in [7, 11) is 3.11. The van der Waals surface area contributed by atoms with Gasteiger partial charge in [0.25, 0.3) is 11.6 Å². The number of nitrogens with two attached hydrogens (primary N) is 1. The van der Waals surface area contributed by atoms with Crippen molar-refractivity contribution in [1.82, 2.24) is 4.90 Å². The lowest BCUT2D eigenvalue weighted by molar-refractivity contribution is -0.384. The molecular formula is C29H25N3O9. The van der Waals surface area contributed by atoms with E-state index in [0.29, 0.717) is 16.7 Å². The van der Waals surface area contributed by atoms with Crippen LogP contribution in [0.5, 0.6) is 5.75 Å². The van der Waals surface area contributed by atoms with Crippen LogP contribution in [0.3, 0.4) is 0 Å². The standard InChI is InChI=1S/C29H25N3O9/c1-31(2)23-18-12-15-11-17-14(6-3-13-4-8-16(9-5-13)32(40)41)7-10-19(33)21(17)24(34)20(15)26(36)29(18,39)27(37)22(25(23)35)28(30)38/h4-5,7-10,15,18,23,33,35-36,39H,11-12H2,1-2H3,(H2,30,38)/t15-,18-,23-,29-/m0/s1. The molecule has 0 saturated carbocycles. The van der Waals surface area contributed by atoms with Gasteiger partial charge in [0.1, 0.15) is 22.8 Å². The Balaban J connectivity index is 1.63. The van der Waals surface area contributed by atoms with Gasteiger partial charge in [-0.3, -0.25) is 29.4 Å². The van der Waals surface area contributed by atoms with Crippen LogP contribution in [-0.4, -0.2) is 73.5 Å². The molecule has 12 nitrogen and oxygen atoms in total. The maximum Gasteiger partial charge on any atom is 0.269 e. The predicted molar refractivity (Wildman–Crippen MR) is 143 cm³/mol. The molecule has 210 valence electrons. The lowest BCUT2D eigenvalue weighted by Gasteiger charge is -2.50. The van der Waals surface area contributed by atoms with Crippen LogP contribution < -0.4 is 5.73 Å². The van der Waals surface area contributed by atoms with E-state index in [0.717, 1.165) is 0 Å². The van der Waals surface area contributed by atoms with Crippen molar-refractivity contribution in [2.24, 2.45) is 17.6 Å². The highest BCUT2D eigenvalue weighted by atomic mass is 16.6. The Morgan fingerprint density at radius 2 is 1.76 bits per heavy atom. The number of fused-ring (bicyclic) bond motifs is 3. The van der Waals surface area contributed by atoms with E-state index < -0.39 is 68.7 Å². The van der Waals surface area contributed by atoms with Crippen LogP contribution in [0.4, 0.5) is 5.69 Å². The summed E-state index contributed by atoms with van der Waals surface area (Å²) in [5.74, 6) is -1.43. The van der Waals surface area contributed by atoms with E-state index in [1.54, 1.807) is 14.1 Å². The zero-order chi connectivity index (χ0) is 30.0. The minimum atomic E-state index is -2.71. The van der Waals surface area contributed by atoms with Gasteiger partial charge in [0.2, 0.25) is 5.78 Å². The molecule has 0 aliphatic heterocycles. The summed E-state index contributed by atoms with van der Waals surface area (Å²) in [6.07, 6.45) is 0.0455. The molecule has 0 unspecified atom stereocenters. The second-order valence-corrected chi connectivity index (χ2v) is 10.5. The van der Waals surface area contributed by atoms with Crippen LogP contribution in [0.15, 0.2) is 59.1 Å². The van der Waals surface area contributed by atoms with Crippen molar-refractivity contribution in [2.75, 3.05) is 14.1 Å². The van der Waals surface area contributed by atoms with Crippen LogP contribution in [0, 0.1) is 33.8 Å². The number of hydrogen-bond acceptors (Lipinski definition) is 10. The Labute approximate surface area is 233 Å². The molecule has 2 aromatic carbocycles. The number of likely N-dealkylation sites (N-methyl/N-ethyl adjacent to an activating group) is 1. The smallest absolute Gasteiger partial charge is 0.269 e. The number of nitro benzene ring substituents is 1. The number of nitro groups is 1. The fourth-order valence-electron chi connectivity index (χ4n) is 6.17. The molecule has 6 N–H and O–H groups in total. The molecule has 41 heavy (non-hydrogen) atoms. The average molecular weight is 560 g/mol. The number of Topliss-reactive ketones (excluding diaryl/α,β-unsaturated/α-hetero) is 2. The zero-order valence-electron chi connectivity index (χ0n) is 21.9. The summed E-state index contributed by atoms with van der Waals surface area (Å²) in [4.78, 5) is 51.0. The largest absolute Gasteiger partial charge is 0.510 e. The number of aliphatic hydroxyl groups is 3. The van der Waals surface area contributed by atoms with Gasteiger partial charge in [-0.15, -0.1) is 0 Å². The third kappa shape index (κ3) is 4.05. The van der Waals surface area contributed by atoms with Crippen LogP contribution in [0.1, 0.15) is 33.5 Å². The Kier molecular flexibility index (Phi) is 6.44. The predicted octanol–water partition coefficient (Wildman–Crippen LogP) is 1.43. The zero-order valence-corrected chi connectivity index (χ0v) is 21.9. The maximum atomic E-state index is 13.8. The van der Waals surface area contributed by atoms with Gasteiger partial charge in [-0.2, -0.15) is 0 Å². The molecular weight excluding hydrogens is 534 g/mol. The van der Waals surface area contributed by atoms with E-state index in [4.69, 9.17) is 5.73 Å². The van der Waals surface area contributed by atoms with E-state index in [2.05, 4.69) is 11.8 Å². The first-order valence-electron chi connectivity index (χ1n) is 12.5. The first-order chi connectivity index (χ1) is 19.3. The van der Waals surface area contributed by atoms with Gasteiger partial charge in [0.05, 0.1) is 16.5 Å². The van der Waals surface area contributed by atoms with Crippen LogP contribution in [-0.2, 0) is 16.0 Å². The number of nitrogens with zero attached hydrogens (tertiary/aromatic N) is 2. The minimum Gasteiger partial charge on any atom is -0.510 e. The highest BCUT2D eigenvalue weighted by molar-refractivity contribution is 6.24. The molecule has 3 aliphatic rings. The van der Waals surface area contributed by atoms with Gasteiger partial charge in [-0.1, -0.05) is 11.8 Å². The normalized spacial score (nSPS) is 25.2. The Morgan fingerprint density at radius 3 is 2.34 bits per heavy atom. The molecule has 0 spiro atoms. The summed E-state index contributed by atoms with van der Waals surface area (Å²) in [5.41, 5.74) is 2.50. The molecule has 3 aliphatic carbocycles. The number of carbonyl (C=O) groups excluding carboxylic acids is 3. The Hall–Kier alpha value is -4.99. The van der Waals surface area contributed by atoms with Crippen LogP contribution in [0.25, 0.3) is 0 Å². The number of phenolic OH excluding ortho intramolecular Hbond substituents is 1. The third-order valence-electron chi connectivity index (χ3n) is 8.03. The number of hydrogen-bond donors (Lipinski definition) is 5. The first-order valence-corrected chi connectivity index (χ1v) is 12.5. The lowest BCUT2D eigenvalue weighted by Crippen LogP contribution is -2.63. The highest BCUT2D eigenvalue weighted by Crippen LogP contribution is 2.52. The summed E-state index contributed by atoms with van der Waals surface area (Å²) < 4.78 is 0. The van der Waals surface area contributed by atoms with E-state index in [9.17, 15) is 44.9 Å². The van der Waals surface area contributed by atoms with Gasteiger partial charge < -0.3 is 26.2 Å². The van der Waals surface area contributed by atoms with Gasteiger partial charge >= 0.3 is 0 Å². The molecule has 0 aromatic heterocycles. The molecule has 0 heterocycles. The summed E-state index contributed by atoms with van der Waals surface area (Å²) >= 11 is 0. The van der Waals surface area contributed by atoms with E-state index in [-0.39, 0.29) is 29.7 Å². The van der Waals surface area contributed by atoms with Crippen molar-refractivity contribution in [1.29, 1.82) is 0 Å². The second kappa shape index (κ2) is 9.58. The number of primary amides is 1. The van der Waals surface area contributed by atoms with Gasteiger partial charge in [-0.05, 0) is 62.7 Å². The molecule has 5 rings (SSSR count). The number of aromatic hydroxyl groups is 1. The van der Waals surface area contributed by atoms with Crippen molar-refractivity contribution >= 4 is 23.2 Å². The maximum absolute atomic E-state index is 13.8. The molecule has 1 amide bonds. The number of ketones is 2. The monoisotopic (exact) mass is 559 g/mol. The molecule has 4 atom stereocenters. The van der Waals surface area contributed by atoms with Gasteiger partial charge in [0.15, 0.2) is 11.4 Å². The van der Waals surface area contributed by atoms with Crippen molar-refractivity contribution in [3.63, 3.8) is 0 Å². The van der Waals surface area contributed by atoms with Crippen molar-refractivity contribution < 1.29 is 39.7 Å². The molecule has 0 bridgehead atoms. The average Bonchev–Trinajstić information content (AvgIpc) is 2.90. The van der Waals surface area contributed by atoms with Gasteiger partial charge in [-0.25, -0.2) is 0 Å². The van der Waals surface area contributed by atoms with E-state index >= 15 is 0 Å². The Bertz CT molecular complexity index is 1680. The molecule has 0 fully saturated rings. The number of amides is 1. The number of carbonyl (C=O) groups is 3. The summed E-state index contributed by atoms with van der Waals surface area (Å²) in [5, 5.41) is 55.4. The number of non-ortho nitro benzene ring substituents is 1. The minimum absolute atomic E-state index is 0.0450. The molecule has 12 heteroatoms. The number of benzene rings is 2. The second-order valence-electron chi connectivity index (χ2n) is 10.5. The SMILES string of the molecule is CN(C)[C@@H]1C(O)=C(C(N)=O)C(=O)[C@@]2(O)C(O)=C3C(=O)c4c(O)ccc(C#Cc5ccc([N+](=O)[O-])cc5)c4C[C@H]3C[C@@H]12. The van der Waals surface area contributed by atoms with Crippen LogP contribution in [0.2, 0.25) is 0 Å². The van der Waals surface area contributed by atoms with Crippen LogP contribution >= 0.6 is 0 Å². The summed E-state index contributed by atoms with van der Waals surface area (Å²) in [6.45, 7) is 0. The fraction of sp³-hybridized carbons (Fsp3) is 0.276. The quantitative estimate of drug-likeness (QED) is 0.158. The topological polar surface area (TPSA) is 205 Å². The lowest BCUT2D eigenvalue weighted by atomic mass is 9.58.